The molecule has 0 atom stereocenters. The van der Waals surface area contributed by atoms with Gasteiger partial charge in [-0.15, -0.1) is 10.2 Å². The lowest BCUT2D eigenvalue weighted by Gasteiger charge is -2.05. The first-order chi connectivity index (χ1) is 11.4. The second-order valence-electron chi connectivity index (χ2n) is 4.45. The van der Waals surface area contributed by atoms with Gasteiger partial charge in [-0.3, -0.25) is 9.52 Å². The minimum atomic E-state index is -3.95. The fourth-order valence-corrected chi connectivity index (χ4v) is 3.54. The number of sulfonamides is 1. The van der Waals surface area contributed by atoms with Crippen LogP contribution in [-0.4, -0.2) is 37.6 Å². The molecule has 0 saturated heterocycles. The third kappa shape index (κ3) is 4.26. The molecule has 0 aliphatic rings. The van der Waals surface area contributed by atoms with Gasteiger partial charge in [0, 0.05) is 12.1 Å². The Balaban J connectivity index is 2.13. The molecule has 0 bridgehead atoms. The number of benzene rings is 1. The molecule has 0 spiro atoms. The van der Waals surface area contributed by atoms with Crippen molar-refractivity contribution < 1.29 is 22.7 Å². The number of nitrogens with one attached hydrogen (secondary N) is 2. The third-order valence-electron chi connectivity index (χ3n) is 2.76. The Morgan fingerprint density at radius 2 is 1.88 bits per heavy atom. The molecule has 0 aliphatic carbocycles. The highest BCUT2D eigenvalue weighted by molar-refractivity contribution is 7.94. The Bertz CT molecular complexity index is 846. The SMILES string of the molecule is CCC(=O)Nc1nnc(S(=O)(=O)Nc2ccc(C(=O)OC)cc2)s1. The van der Waals surface area contributed by atoms with E-state index in [1.807, 2.05) is 0 Å². The lowest BCUT2D eigenvalue weighted by atomic mass is 10.2. The van der Waals surface area contributed by atoms with Crippen molar-refractivity contribution in [1.82, 2.24) is 10.2 Å². The quantitative estimate of drug-likeness (QED) is 0.582. The van der Waals surface area contributed by atoms with Gasteiger partial charge < -0.3 is 10.1 Å². The van der Waals surface area contributed by atoms with E-state index in [0.717, 1.165) is 11.3 Å². The van der Waals surface area contributed by atoms with Gasteiger partial charge in [-0.1, -0.05) is 18.3 Å². The van der Waals surface area contributed by atoms with Crippen molar-refractivity contribution in [2.75, 3.05) is 17.1 Å². The van der Waals surface area contributed by atoms with Gasteiger partial charge in [0.2, 0.25) is 11.0 Å². The number of carbonyl (C=O) groups excluding carboxylic acids is 2. The first kappa shape index (κ1) is 17.8. The summed E-state index contributed by atoms with van der Waals surface area (Å²) < 4.78 is 31.1. The maximum atomic E-state index is 12.2. The summed E-state index contributed by atoms with van der Waals surface area (Å²) in [4.78, 5) is 22.6. The molecule has 128 valence electrons. The molecule has 1 aromatic heterocycles. The number of ether oxygens (including phenoxy) is 1. The Labute approximate surface area is 142 Å². The van der Waals surface area contributed by atoms with E-state index in [-0.39, 0.29) is 27.5 Å². The largest absolute Gasteiger partial charge is 0.465 e. The molecule has 1 heterocycles. The number of nitrogens with zero attached hydrogens (tertiary/aromatic N) is 2. The molecule has 0 unspecified atom stereocenters. The third-order valence-corrected chi connectivity index (χ3v) is 5.35. The number of hydrogen-bond donors (Lipinski definition) is 2. The molecule has 0 radical (unpaired) electrons. The molecular formula is C13H14N4O5S2. The van der Waals surface area contributed by atoms with Crippen molar-refractivity contribution >= 4 is 44.1 Å². The molecule has 2 aromatic rings. The average Bonchev–Trinajstić information content (AvgIpc) is 3.03. The van der Waals surface area contributed by atoms with E-state index in [2.05, 4.69) is 25.0 Å². The zero-order valence-electron chi connectivity index (χ0n) is 12.8. The lowest BCUT2D eigenvalue weighted by Crippen LogP contribution is -2.13. The van der Waals surface area contributed by atoms with E-state index in [0.29, 0.717) is 5.56 Å². The zero-order valence-corrected chi connectivity index (χ0v) is 14.4. The molecule has 24 heavy (non-hydrogen) atoms. The summed E-state index contributed by atoms with van der Waals surface area (Å²) in [7, 11) is -2.69. The Kier molecular flexibility index (Phi) is 5.46. The highest BCUT2D eigenvalue weighted by Crippen LogP contribution is 2.23. The molecule has 2 N–H and O–H groups in total. The van der Waals surface area contributed by atoms with Crippen LogP contribution in [0.2, 0.25) is 0 Å². The van der Waals surface area contributed by atoms with Gasteiger partial charge in [0.15, 0.2) is 0 Å². The number of hydrogen-bond acceptors (Lipinski definition) is 8. The van der Waals surface area contributed by atoms with Gasteiger partial charge in [-0.05, 0) is 24.3 Å². The number of anilines is 2. The van der Waals surface area contributed by atoms with Gasteiger partial charge in [-0.25, -0.2) is 4.79 Å². The van der Waals surface area contributed by atoms with Crippen LogP contribution in [0.15, 0.2) is 28.6 Å². The summed E-state index contributed by atoms with van der Waals surface area (Å²) in [5.41, 5.74) is 0.540. The summed E-state index contributed by atoms with van der Waals surface area (Å²) in [5, 5.41) is 9.71. The van der Waals surface area contributed by atoms with E-state index in [4.69, 9.17) is 0 Å². The van der Waals surface area contributed by atoms with E-state index >= 15 is 0 Å². The van der Waals surface area contributed by atoms with Gasteiger partial charge in [0.05, 0.1) is 12.7 Å². The summed E-state index contributed by atoms with van der Waals surface area (Å²) in [5.74, 6) is -0.814. The summed E-state index contributed by atoms with van der Waals surface area (Å²) in [6, 6.07) is 5.70. The number of rotatable bonds is 6. The van der Waals surface area contributed by atoms with E-state index in [1.165, 1.54) is 31.4 Å². The predicted octanol–water partition coefficient (Wildman–Crippen LogP) is 1.47. The number of amides is 1. The van der Waals surface area contributed by atoms with Crippen LogP contribution in [0.5, 0.6) is 0 Å². The lowest BCUT2D eigenvalue weighted by molar-refractivity contribution is -0.115. The van der Waals surface area contributed by atoms with Crippen LogP contribution in [0, 0.1) is 0 Å². The summed E-state index contributed by atoms with van der Waals surface area (Å²) in [6.45, 7) is 1.66. The van der Waals surface area contributed by atoms with Gasteiger partial charge in [0.25, 0.3) is 14.4 Å². The monoisotopic (exact) mass is 370 g/mol. The van der Waals surface area contributed by atoms with Crippen LogP contribution >= 0.6 is 11.3 Å². The Hall–Kier alpha value is -2.53. The van der Waals surface area contributed by atoms with Crippen molar-refractivity contribution in [2.45, 2.75) is 17.7 Å². The topological polar surface area (TPSA) is 127 Å². The molecule has 9 nitrogen and oxygen atoms in total. The van der Waals surface area contributed by atoms with Crippen molar-refractivity contribution in [2.24, 2.45) is 0 Å². The van der Waals surface area contributed by atoms with E-state index < -0.39 is 16.0 Å². The number of methoxy groups -OCH3 is 1. The van der Waals surface area contributed by atoms with E-state index in [9.17, 15) is 18.0 Å². The number of esters is 1. The average molecular weight is 370 g/mol. The van der Waals surface area contributed by atoms with Crippen LogP contribution in [0.4, 0.5) is 10.8 Å². The second-order valence-corrected chi connectivity index (χ2v) is 7.28. The predicted molar refractivity (Wildman–Crippen MR) is 87.4 cm³/mol. The molecular weight excluding hydrogens is 356 g/mol. The standard InChI is InChI=1S/C13H14N4O5S2/c1-3-10(18)14-12-15-16-13(23-12)24(20,21)17-9-6-4-8(5-7-9)11(19)22-2/h4-7,17H,3H2,1-2H3,(H,14,15,18). The Morgan fingerprint density at radius 1 is 1.21 bits per heavy atom. The van der Waals surface area contributed by atoms with Crippen molar-refractivity contribution in [1.29, 1.82) is 0 Å². The van der Waals surface area contributed by atoms with E-state index in [1.54, 1.807) is 6.92 Å². The molecule has 2 rings (SSSR count). The van der Waals surface area contributed by atoms with Crippen LogP contribution in [-0.2, 0) is 19.6 Å². The van der Waals surface area contributed by atoms with Crippen LogP contribution < -0.4 is 10.0 Å². The van der Waals surface area contributed by atoms with Crippen molar-refractivity contribution in [3.05, 3.63) is 29.8 Å². The maximum Gasteiger partial charge on any atom is 0.337 e. The smallest absolute Gasteiger partial charge is 0.337 e. The first-order valence-corrected chi connectivity index (χ1v) is 9.00. The summed E-state index contributed by atoms with van der Waals surface area (Å²) >= 11 is 0.736. The highest BCUT2D eigenvalue weighted by atomic mass is 32.2. The fraction of sp³-hybridized carbons (Fsp3) is 0.231. The van der Waals surface area contributed by atoms with Crippen molar-refractivity contribution in [3.63, 3.8) is 0 Å². The number of aromatic nitrogens is 2. The van der Waals surface area contributed by atoms with Gasteiger partial charge >= 0.3 is 5.97 Å². The van der Waals surface area contributed by atoms with Crippen LogP contribution in [0.25, 0.3) is 0 Å². The maximum absolute atomic E-state index is 12.2. The fourth-order valence-electron chi connectivity index (χ4n) is 1.57. The normalized spacial score (nSPS) is 10.9. The highest BCUT2D eigenvalue weighted by Gasteiger charge is 2.21. The zero-order chi connectivity index (χ0) is 17.7. The van der Waals surface area contributed by atoms with Gasteiger partial charge in [0.1, 0.15) is 0 Å². The molecule has 0 aliphatic heterocycles. The first-order valence-electron chi connectivity index (χ1n) is 6.70. The molecule has 1 amide bonds. The Morgan fingerprint density at radius 3 is 2.46 bits per heavy atom. The van der Waals surface area contributed by atoms with Crippen LogP contribution in [0.3, 0.4) is 0 Å². The molecule has 0 saturated carbocycles. The van der Waals surface area contributed by atoms with Crippen molar-refractivity contribution in [3.8, 4) is 0 Å². The molecule has 0 fully saturated rings. The summed E-state index contributed by atoms with van der Waals surface area (Å²) in [6.07, 6.45) is 0.243. The molecule has 11 heteroatoms. The van der Waals surface area contributed by atoms with Gasteiger partial charge in [-0.2, -0.15) is 8.42 Å². The number of carbonyl (C=O) groups is 2. The minimum absolute atomic E-state index is 0.100. The molecule has 1 aromatic carbocycles. The second kappa shape index (κ2) is 7.36. The minimum Gasteiger partial charge on any atom is -0.465 e. The van der Waals surface area contributed by atoms with Crippen LogP contribution in [0.1, 0.15) is 23.7 Å².